The van der Waals surface area contributed by atoms with E-state index in [2.05, 4.69) is 9.97 Å². The molecule has 2 aromatic carbocycles. The van der Waals surface area contributed by atoms with Gasteiger partial charge in [-0.25, -0.2) is 4.98 Å². The van der Waals surface area contributed by atoms with Crippen LogP contribution in [-0.2, 0) is 0 Å². The summed E-state index contributed by atoms with van der Waals surface area (Å²) in [4.78, 5) is 45.3. The number of nitrogens with one attached hydrogen (secondary N) is 1. The van der Waals surface area contributed by atoms with Crippen molar-refractivity contribution in [2.45, 2.75) is 12.8 Å². The maximum Gasteiger partial charge on any atom is 0.263 e. The van der Waals surface area contributed by atoms with Gasteiger partial charge < -0.3 is 14.6 Å². The molecule has 1 N–H and O–H groups in total. The molecule has 1 fully saturated rings. The van der Waals surface area contributed by atoms with Crippen LogP contribution in [0.4, 0.5) is 0 Å². The summed E-state index contributed by atoms with van der Waals surface area (Å²) < 4.78 is 5.76. The minimum Gasteiger partial charge on any atom is -0.457 e. The van der Waals surface area contributed by atoms with Gasteiger partial charge in [0, 0.05) is 30.8 Å². The van der Waals surface area contributed by atoms with Gasteiger partial charge in [0.2, 0.25) is 0 Å². The molecule has 1 aromatic heterocycles. The molecule has 4 rings (SSSR count). The molecule has 0 spiro atoms. The highest BCUT2D eigenvalue weighted by Crippen LogP contribution is 2.25. The number of aromatic nitrogens is 2. The number of likely N-dealkylation sites (tertiary alicyclic amines) is 1. The van der Waals surface area contributed by atoms with Crippen molar-refractivity contribution in [1.82, 2.24) is 14.9 Å². The molecule has 152 valence electrons. The van der Waals surface area contributed by atoms with Crippen molar-refractivity contribution < 1.29 is 14.3 Å². The Labute approximate surface area is 173 Å². The molecule has 2 heterocycles. The Balaban J connectivity index is 1.43. The monoisotopic (exact) mass is 403 g/mol. The van der Waals surface area contributed by atoms with Crippen molar-refractivity contribution in [3.8, 4) is 11.5 Å². The number of para-hydroxylation sites is 1. The van der Waals surface area contributed by atoms with Crippen molar-refractivity contribution in [1.29, 1.82) is 0 Å². The van der Waals surface area contributed by atoms with Crippen LogP contribution in [0.5, 0.6) is 11.5 Å². The quantitative estimate of drug-likeness (QED) is 0.660. The molecule has 3 aromatic rings. The van der Waals surface area contributed by atoms with Gasteiger partial charge in [0.25, 0.3) is 11.5 Å². The first kappa shape index (κ1) is 19.6. The topological polar surface area (TPSA) is 92.4 Å². The second kappa shape index (κ2) is 8.73. The number of nitrogens with zero attached hydrogens (tertiary/aromatic N) is 2. The number of hydrogen-bond donors (Lipinski definition) is 1. The third-order valence-corrected chi connectivity index (χ3v) is 5.15. The van der Waals surface area contributed by atoms with Crippen molar-refractivity contribution in [2.75, 3.05) is 13.1 Å². The molecular formula is C23H21N3O4. The third kappa shape index (κ3) is 4.30. The highest BCUT2D eigenvalue weighted by atomic mass is 16.5. The van der Waals surface area contributed by atoms with Gasteiger partial charge in [-0.05, 0) is 49.2 Å². The van der Waals surface area contributed by atoms with Crippen LogP contribution in [0.1, 0.15) is 33.6 Å². The van der Waals surface area contributed by atoms with E-state index < -0.39 is 11.5 Å². The minimum atomic E-state index is -0.475. The van der Waals surface area contributed by atoms with Crippen molar-refractivity contribution >= 4 is 11.7 Å². The molecule has 7 nitrogen and oxygen atoms in total. The number of ketones is 1. The average Bonchev–Trinajstić information content (AvgIpc) is 2.80. The number of amides is 1. The Kier molecular flexibility index (Phi) is 5.70. The first-order chi connectivity index (χ1) is 14.6. The zero-order chi connectivity index (χ0) is 20.9. The molecule has 1 saturated heterocycles. The number of Topliss-reactive ketones (excluding diaryl/α,β-unsaturated/α-hetero) is 1. The summed E-state index contributed by atoms with van der Waals surface area (Å²) in [6.45, 7) is 0.801. The third-order valence-electron chi connectivity index (χ3n) is 5.15. The number of rotatable bonds is 5. The Bertz CT molecular complexity index is 1090. The van der Waals surface area contributed by atoms with Gasteiger partial charge in [0.15, 0.2) is 5.78 Å². The average molecular weight is 403 g/mol. The molecule has 0 unspecified atom stereocenters. The molecule has 0 aliphatic carbocycles. The lowest BCUT2D eigenvalue weighted by atomic mass is 9.89. The lowest BCUT2D eigenvalue weighted by Gasteiger charge is -2.31. The summed E-state index contributed by atoms with van der Waals surface area (Å²) in [7, 11) is 0. The van der Waals surface area contributed by atoms with Crippen LogP contribution < -0.4 is 10.3 Å². The maximum absolute atomic E-state index is 13.0. The molecule has 0 bridgehead atoms. The van der Waals surface area contributed by atoms with Crippen molar-refractivity contribution in [3.63, 3.8) is 0 Å². The molecule has 0 saturated carbocycles. The summed E-state index contributed by atoms with van der Waals surface area (Å²) in [5.41, 5.74) is 0.0967. The van der Waals surface area contributed by atoms with Gasteiger partial charge in [-0.15, -0.1) is 0 Å². The number of benzene rings is 2. The summed E-state index contributed by atoms with van der Waals surface area (Å²) in [6, 6.07) is 16.4. The van der Waals surface area contributed by atoms with Crippen LogP contribution in [0.2, 0.25) is 0 Å². The lowest BCUT2D eigenvalue weighted by Crippen LogP contribution is -2.43. The number of aromatic amines is 1. The Morgan fingerprint density at radius 1 is 1.03 bits per heavy atom. The zero-order valence-corrected chi connectivity index (χ0v) is 16.3. The van der Waals surface area contributed by atoms with E-state index in [1.807, 2.05) is 30.3 Å². The minimum absolute atomic E-state index is 0.00647. The van der Waals surface area contributed by atoms with Crippen LogP contribution in [0, 0.1) is 5.92 Å². The van der Waals surface area contributed by atoms with Crippen LogP contribution in [0.25, 0.3) is 0 Å². The van der Waals surface area contributed by atoms with E-state index in [0.717, 1.165) is 5.75 Å². The van der Waals surface area contributed by atoms with Gasteiger partial charge in [-0.2, -0.15) is 0 Å². The van der Waals surface area contributed by atoms with Gasteiger partial charge in [-0.1, -0.05) is 18.2 Å². The van der Waals surface area contributed by atoms with E-state index in [1.165, 1.54) is 12.5 Å². The fourth-order valence-corrected chi connectivity index (χ4v) is 3.59. The number of carbonyl (C=O) groups excluding carboxylic acids is 2. The molecule has 30 heavy (non-hydrogen) atoms. The largest absolute Gasteiger partial charge is 0.457 e. The zero-order valence-electron chi connectivity index (χ0n) is 16.3. The summed E-state index contributed by atoms with van der Waals surface area (Å²) in [6.07, 6.45) is 3.91. The molecule has 1 atom stereocenters. The highest BCUT2D eigenvalue weighted by molar-refractivity contribution is 5.99. The second-order valence-corrected chi connectivity index (χ2v) is 7.19. The van der Waals surface area contributed by atoms with Gasteiger partial charge in [0.05, 0.1) is 6.33 Å². The van der Waals surface area contributed by atoms with E-state index in [9.17, 15) is 14.4 Å². The molecule has 7 heteroatoms. The number of ether oxygens (including phenoxy) is 1. The first-order valence-electron chi connectivity index (χ1n) is 9.81. The number of carbonyl (C=O) groups is 2. The van der Waals surface area contributed by atoms with Crippen LogP contribution in [0.3, 0.4) is 0 Å². The van der Waals surface area contributed by atoms with E-state index >= 15 is 0 Å². The lowest BCUT2D eigenvalue weighted by molar-refractivity contribution is 0.0635. The van der Waals surface area contributed by atoms with E-state index in [0.29, 0.717) is 30.7 Å². The molecule has 1 amide bonds. The molecule has 0 radical (unpaired) electrons. The predicted molar refractivity (Wildman–Crippen MR) is 111 cm³/mol. The van der Waals surface area contributed by atoms with E-state index in [-0.39, 0.29) is 23.8 Å². The smallest absolute Gasteiger partial charge is 0.263 e. The predicted octanol–water partition coefficient (Wildman–Crippen LogP) is 3.30. The Morgan fingerprint density at radius 2 is 1.77 bits per heavy atom. The van der Waals surface area contributed by atoms with Crippen molar-refractivity contribution in [3.05, 3.63) is 88.6 Å². The van der Waals surface area contributed by atoms with Crippen LogP contribution in [0.15, 0.2) is 71.9 Å². The summed E-state index contributed by atoms with van der Waals surface area (Å²) in [5.74, 6) is 0.657. The van der Waals surface area contributed by atoms with Crippen LogP contribution >= 0.6 is 0 Å². The fraction of sp³-hybridized carbons (Fsp3) is 0.217. The maximum atomic E-state index is 13.0. The summed E-state index contributed by atoms with van der Waals surface area (Å²) in [5, 5.41) is 0. The van der Waals surface area contributed by atoms with Gasteiger partial charge in [-0.3, -0.25) is 14.4 Å². The van der Waals surface area contributed by atoms with E-state index in [4.69, 9.17) is 4.74 Å². The second-order valence-electron chi connectivity index (χ2n) is 7.19. The molecular weight excluding hydrogens is 382 g/mol. The highest BCUT2D eigenvalue weighted by Gasteiger charge is 2.30. The number of piperidine rings is 1. The molecule has 1 aliphatic heterocycles. The summed E-state index contributed by atoms with van der Waals surface area (Å²) >= 11 is 0. The molecule has 1 aliphatic rings. The Hall–Kier alpha value is -3.74. The number of hydrogen-bond acceptors (Lipinski definition) is 5. The normalized spacial score (nSPS) is 16.1. The van der Waals surface area contributed by atoms with Crippen LogP contribution in [-0.4, -0.2) is 39.6 Å². The van der Waals surface area contributed by atoms with Crippen molar-refractivity contribution in [2.24, 2.45) is 5.92 Å². The van der Waals surface area contributed by atoms with Gasteiger partial charge in [0.1, 0.15) is 17.1 Å². The fourth-order valence-electron chi connectivity index (χ4n) is 3.59. The Morgan fingerprint density at radius 3 is 2.50 bits per heavy atom. The first-order valence-corrected chi connectivity index (χ1v) is 9.81. The SMILES string of the molecule is O=C(c1ccc(Oc2ccccc2)cc1)[C@@H]1CCCN(C(=O)c2cnc[nH]c2=O)C1. The van der Waals surface area contributed by atoms with E-state index in [1.54, 1.807) is 29.2 Å². The number of H-pyrrole nitrogens is 1. The standard InChI is InChI=1S/C23H21N3O4/c27-21(16-8-10-19(11-9-16)30-18-6-2-1-3-7-18)17-5-4-12-26(14-17)23(29)20-13-24-15-25-22(20)28/h1-3,6-11,13,15,17H,4-5,12,14H2,(H,24,25,28)/t17-/m1/s1. The van der Waals surface area contributed by atoms with Gasteiger partial charge >= 0.3 is 0 Å².